The highest BCUT2D eigenvalue weighted by Crippen LogP contribution is 2.38. The zero-order valence-corrected chi connectivity index (χ0v) is 16.9. The van der Waals surface area contributed by atoms with Crippen molar-refractivity contribution in [1.29, 1.82) is 0 Å². The number of hydrogen-bond donors (Lipinski definition) is 3. The Morgan fingerprint density at radius 2 is 2.17 bits per heavy atom. The Hall–Kier alpha value is -2.69. The Kier molecular flexibility index (Phi) is 5.39. The predicted octanol–water partition coefficient (Wildman–Crippen LogP) is 2.31. The molecule has 2 aromatic heterocycles. The number of nitrogens with one attached hydrogen (secondary N) is 3. The van der Waals surface area contributed by atoms with E-state index in [1.165, 1.54) is 6.20 Å². The normalized spacial score (nSPS) is 30.2. The first-order valence-electron chi connectivity index (χ1n) is 9.53. The minimum absolute atomic E-state index is 0.125. The molecule has 29 heavy (non-hydrogen) atoms. The molecule has 1 saturated carbocycles. The number of H-pyrrole nitrogens is 1. The number of nitrogens with zero attached hydrogens (tertiary/aromatic N) is 3. The number of alkyl carbamates (subject to hydrolysis) is 1. The van der Waals surface area contributed by atoms with Gasteiger partial charge in [0, 0.05) is 22.8 Å². The van der Waals surface area contributed by atoms with E-state index in [9.17, 15) is 9.18 Å². The summed E-state index contributed by atoms with van der Waals surface area (Å²) in [5.41, 5.74) is 0.771. The molecule has 3 heterocycles. The van der Waals surface area contributed by atoms with Crippen LogP contribution in [0.15, 0.2) is 18.5 Å². The molecule has 3 N–H and O–H groups in total. The van der Waals surface area contributed by atoms with Gasteiger partial charge in [0.05, 0.1) is 29.2 Å². The van der Waals surface area contributed by atoms with Gasteiger partial charge in [-0.25, -0.2) is 9.18 Å². The lowest BCUT2D eigenvalue weighted by atomic mass is 10.0. The number of fused-ring (bicyclic) bond motifs is 7. The topological polar surface area (TPSA) is 114 Å². The number of carbonyl (C=O) groups excluding carboxylic acids is 1. The summed E-state index contributed by atoms with van der Waals surface area (Å²) in [6.07, 6.45) is 2.28. The fourth-order valence-electron chi connectivity index (χ4n) is 3.60. The first-order chi connectivity index (χ1) is 13.9. The molecule has 6 bridgehead atoms. The molecule has 2 aliphatic rings. The third-order valence-corrected chi connectivity index (χ3v) is 5.42. The average molecular weight is 417 g/mol. The molecule has 3 unspecified atom stereocenters. The second-order valence-electron chi connectivity index (χ2n) is 7.61. The van der Waals surface area contributed by atoms with E-state index in [1.807, 2.05) is 6.92 Å². The lowest BCUT2D eigenvalue weighted by molar-refractivity contribution is 0.0573. The maximum Gasteiger partial charge on any atom is 0.407 e. The summed E-state index contributed by atoms with van der Waals surface area (Å²) in [4.78, 5) is 20.8. The van der Waals surface area contributed by atoms with Crippen LogP contribution in [0.2, 0.25) is 0 Å². The minimum Gasteiger partial charge on any atom is -0.477 e. The first-order valence-corrected chi connectivity index (χ1v) is 10.0. The summed E-state index contributed by atoms with van der Waals surface area (Å²) >= 11 is 0. The van der Waals surface area contributed by atoms with Gasteiger partial charge in [-0.3, -0.25) is 10.1 Å². The average Bonchev–Trinajstić information content (AvgIpc) is 3.25. The molecule has 11 heteroatoms. The van der Waals surface area contributed by atoms with Crippen LogP contribution in [0.1, 0.15) is 44.2 Å². The van der Waals surface area contributed by atoms with Crippen LogP contribution < -0.4 is 15.4 Å². The maximum atomic E-state index is 14.5. The van der Waals surface area contributed by atoms with E-state index in [1.54, 1.807) is 12.3 Å². The number of aromatic nitrogens is 4. The number of hydrogen-bond acceptors (Lipinski definition) is 7. The Balaban J connectivity index is 1.56. The lowest BCUT2D eigenvalue weighted by Gasteiger charge is -2.27. The van der Waals surface area contributed by atoms with Crippen molar-refractivity contribution in [2.24, 2.45) is 0 Å². The molecule has 153 valence electrons. The molecule has 9 nitrogen and oxygen atoms in total. The van der Waals surface area contributed by atoms with Crippen molar-refractivity contribution in [1.82, 2.24) is 25.5 Å². The van der Waals surface area contributed by atoms with E-state index in [0.29, 0.717) is 43.4 Å². The van der Waals surface area contributed by atoms with Crippen LogP contribution in [-0.4, -0.2) is 60.5 Å². The van der Waals surface area contributed by atoms with Crippen molar-refractivity contribution in [2.75, 3.05) is 11.9 Å². The maximum absolute atomic E-state index is 14.5. The van der Waals surface area contributed by atoms with E-state index < -0.39 is 23.5 Å². The van der Waals surface area contributed by atoms with E-state index in [-0.39, 0.29) is 12.3 Å². The number of alkyl halides is 1. The number of carbonyl (C=O) groups is 1. The predicted molar refractivity (Wildman–Crippen MR) is 103 cm³/mol. The fourth-order valence-corrected chi connectivity index (χ4v) is 3.88. The van der Waals surface area contributed by atoms with Crippen molar-refractivity contribution in [3.63, 3.8) is 0 Å². The molecule has 1 fully saturated rings. The molecular formula is C18H22FN6O3Si. The van der Waals surface area contributed by atoms with Crippen LogP contribution in [0.4, 0.5) is 20.8 Å². The summed E-state index contributed by atoms with van der Waals surface area (Å²) in [7, 11) is 3.54. The number of halogens is 1. The van der Waals surface area contributed by atoms with Gasteiger partial charge in [-0.05, 0) is 32.6 Å². The van der Waals surface area contributed by atoms with Gasteiger partial charge in [-0.2, -0.15) is 10.1 Å². The number of rotatable bonds is 0. The molecule has 1 aliphatic heterocycles. The summed E-state index contributed by atoms with van der Waals surface area (Å²) < 4.78 is 25.5. The molecule has 4 rings (SSSR count). The van der Waals surface area contributed by atoms with Crippen LogP contribution >= 0.6 is 0 Å². The van der Waals surface area contributed by atoms with Crippen molar-refractivity contribution >= 4 is 28.0 Å². The Bertz CT molecular complexity index is 879. The number of amides is 1. The van der Waals surface area contributed by atoms with Crippen molar-refractivity contribution < 1.29 is 18.7 Å². The van der Waals surface area contributed by atoms with E-state index in [0.717, 1.165) is 5.69 Å². The van der Waals surface area contributed by atoms with Crippen LogP contribution in [0.5, 0.6) is 5.88 Å². The quantitative estimate of drug-likeness (QED) is 0.564. The highest BCUT2D eigenvalue weighted by molar-refractivity contribution is 6.16. The lowest BCUT2D eigenvalue weighted by Crippen LogP contribution is -2.48. The van der Waals surface area contributed by atoms with Gasteiger partial charge < -0.3 is 20.1 Å². The number of aromatic amines is 1. The third-order valence-electron chi connectivity index (χ3n) is 5.04. The van der Waals surface area contributed by atoms with Crippen molar-refractivity contribution in [2.45, 2.75) is 56.0 Å². The van der Waals surface area contributed by atoms with E-state index in [2.05, 4.69) is 41.0 Å². The van der Waals surface area contributed by atoms with Gasteiger partial charge in [0.15, 0.2) is 11.6 Å². The molecule has 0 spiro atoms. The second-order valence-corrected chi connectivity index (χ2v) is 8.72. The molecule has 0 aromatic carbocycles. The monoisotopic (exact) mass is 417 g/mol. The van der Waals surface area contributed by atoms with E-state index >= 15 is 0 Å². The summed E-state index contributed by atoms with van der Waals surface area (Å²) in [5, 5.41) is 12.2. The number of anilines is 2. The molecule has 3 radical (unpaired) electrons. The molecule has 1 amide bonds. The summed E-state index contributed by atoms with van der Waals surface area (Å²) in [6.45, 7) is 2.20. The SMILES string of the molecule is C[C@@]1([Si])CCCOc2cncc(n2)Nc2cc([nH]n2)C2CC(F)C(C2)OC(=O)N1. The van der Waals surface area contributed by atoms with Gasteiger partial charge >= 0.3 is 6.09 Å². The fraction of sp³-hybridized carbons (Fsp3) is 0.556. The highest BCUT2D eigenvalue weighted by Gasteiger charge is 2.39. The molecule has 4 atom stereocenters. The molecule has 0 saturated heterocycles. The zero-order chi connectivity index (χ0) is 20.4. The van der Waals surface area contributed by atoms with Crippen molar-refractivity contribution in [3.05, 3.63) is 24.2 Å². The van der Waals surface area contributed by atoms with Gasteiger partial charge in [0.2, 0.25) is 5.88 Å². The van der Waals surface area contributed by atoms with Crippen LogP contribution in [0.25, 0.3) is 0 Å². The zero-order valence-electron chi connectivity index (χ0n) is 15.9. The molecule has 1 aliphatic carbocycles. The van der Waals surface area contributed by atoms with Crippen LogP contribution in [0, 0.1) is 0 Å². The van der Waals surface area contributed by atoms with Gasteiger partial charge in [0.25, 0.3) is 0 Å². The minimum atomic E-state index is -1.23. The van der Waals surface area contributed by atoms with Crippen LogP contribution in [-0.2, 0) is 4.74 Å². The largest absolute Gasteiger partial charge is 0.477 e. The van der Waals surface area contributed by atoms with Gasteiger partial charge in [-0.1, -0.05) is 0 Å². The first kappa shape index (κ1) is 19.6. The standard InChI is InChI=1S/C18H22FN6O3Si/c1-18(29)3-2-4-27-16-9-20-8-15(22-16)21-14-7-12(24-25-14)10-5-11(19)13(6-10)28-17(26)23-18/h7-11,13H,2-6H2,1H3,(H,23,26)(H2,21,22,24,25)/t10?,11?,13?,18-/m1/s1. The van der Waals surface area contributed by atoms with Crippen LogP contribution in [0.3, 0.4) is 0 Å². The highest BCUT2D eigenvalue weighted by atomic mass is 28.1. The summed E-state index contributed by atoms with van der Waals surface area (Å²) in [6, 6.07) is 1.80. The molecule has 2 aromatic rings. The van der Waals surface area contributed by atoms with Gasteiger partial charge in [0.1, 0.15) is 12.3 Å². The van der Waals surface area contributed by atoms with E-state index in [4.69, 9.17) is 9.47 Å². The smallest absolute Gasteiger partial charge is 0.407 e. The Morgan fingerprint density at radius 1 is 1.31 bits per heavy atom. The Labute approximate surface area is 170 Å². The third kappa shape index (κ3) is 4.84. The summed E-state index contributed by atoms with van der Waals surface area (Å²) in [5.74, 6) is 1.30. The second kappa shape index (κ2) is 7.97. The number of ether oxygens (including phenoxy) is 2. The van der Waals surface area contributed by atoms with Gasteiger partial charge in [-0.15, -0.1) is 0 Å². The molecular weight excluding hydrogens is 395 g/mol. The Morgan fingerprint density at radius 3 is 3.03 bits per heavy atom. The van der Waals surface area contributed by atoms with Crippen molar-refractivity contribution in [3.8, 4) is 5.88 Å².